The normalized spacial score (nSPS) is 21.9. The van der Waals surface area contributed by atoms with Crippen LogP contribution in [0.1, 0.15) is 10.6 Å². The molecule has 0 bridgehead atoms. The van der Waals surface area contributed by atoms with Gasteiger partial charge in [0, 0.05) is 18.6 Å². The summed E-state index contributed by atoms with van der Waals surface area (Å²) in [6.07, 6.45) is 5.94. The summed E-state index contributed by atoms with van der Waals surface area (Å²) >= 11 is 3.48. The van der Waals surface area contributed by atoms with E-state index in [4.69, 9.17) is 0 Å². The zero-order chi connectivity index (χ0) is 6.97. The molecule has 0 spiro atoms. The van der Waals surface area contributed by atoms with E-state index in [9.17, 15) is 0 Å². The van der Waals surface area contributed by atoms with Gasteiger partial charge in [-0.05, 0) is 12.1 Å². The first-order chi connectivity index (χ1) is 4.88. The third-order valence-electron chi connectivity index (χ3n) is 1.55. The number of aromatic nitrogens is 1. The number of nitrogens with one attached hydrogen (secondary N) is 1. The van der Waals surface area contributed by atoms with Crippen LogP contribution in [0, 0.1) is 0 Å². The Kier molecular flexibility index (Phi) is 1.31. The molecule has 0 amide bonds. The largest absolute Gasteiger partial charge is 0.373 e. The fraction of sp³-hybridized carbons (Fsp3) is 0.143. The second-order valence-corrected chi connectivity index (χ2v) is 3.10. The lowest BCUT2D eigenvalue weighted by molar-refractivity contribution is 0.781. The molecule has 1 atom stereocenters. The summed E-state index contributed by atoms with van der Waals surface area (Å²) in [6.45, 7) is 0. The van der Waals surface area contributed by atoms with Crippen molar-refractivity contribution in [3.63, 3.8) is 0 Å². The van der Waals surface area contributed by atoms with Crippen LogP contribution in [0.25, 0.3) is 6.20 Å². The number of hydrogen-bond acceptors (Lipinski definition) is 1. The maximum atomic E-state index is 3.48. The van der Waals surface area contributed by atoms with E-state index in [-0.39, 0.29) is 4.95 Å². The van der Waals surface area contributed by atoms with Gasteiger partial charge in [-0.2, -0.15) is 0 Å². The highest BCUT2D eigenvalue weighted by molar-refractivity contribution is 9.09. The number of halogens is 1. The van der Waals surface area contributed by atoms with Crippen LogP contribution in [-0.4, -0.2) is 4.57 Å². The summed E-state index contributed by atoms with van der Waals surface area (Å²) < 4.78 is 2.08. The SMILES string of the molecule is BrC1NC=Cn2cccc21. The first kappa shape index (κ1) is 6.04. The molecule has 1 aliphatic rings. The molecule has 0 saturated carbocycles. The summed E-state index contributed by atoms with van der Waals surface area (Å²) in [6, 6.07) is 4.11. The molecule has 0 fully saturated rings. The van der Waals surface area contributed by atoms with E-state index in [1.54, 1.807) is 0 Å². The smallest absolute Gasteiger partial charge is 0.123 e. The number of rotatable bonds is 0. The molecule has 52 valence electrons. The van der Waals surface area contributed by atoms with E-state index in [1.165, 1.54) is 5.69 Å². The van der Waals surface area contributed by atoms with Gasteiger partial charge < -0.3 is 9.88 Å². The molecule has 1 N–H and O–H groups in total. The standard InChI is InChI=1S/C7H7BrN2/c8-7-6-2-1-4-10(6)5-3-9-7/h1-5,7,9H. The summed E-state index contributed by atoms with van der Waals surface area (Å²) in [4.78, 5) is 0.257. The number of alkyl halides is 1. The van der Waals surface area contributed by atoms with E-state index >= 15 is 0 Å². The lowest BCUT2D eigenvalue weighted by Gasteiger charge is -2.16. The van der Waals surface area contributed by atoms with Crippen molar-refractivity contribution in [2.45, 2.75) is 4.95 Å². The molecular weight excluding hydrogens is 192 g/mol. The molecule has 1 aromatic rings. The van der Waals surface area contributed by atoms with Gasteiger partial charge >= 0.3 is 0 Å². The Labute approximate surface area is 67.7 Å². The van der Waals surface area contributed by atoms with Crippen molar-refractivity contribution in [3.05, 3.63) is 30.2 Å². The molecule has 1 unspecified atom stereocenters. The molecule has 2 nitrogen and oxygen atoms in total. The molecule has 2 heterocycles. The van der Waals surface area contributed by atoms with Gasteiger partial charge in [-0.25, -0.2) is 0 Å². The number of fused-ring (bicyclic) bond motifs is 1. The minimum absolute atomic E-state index is 0.257. The molecule has 0 radical (unpaired) electrons. The minimum Gasteiger partial charge on any atom is -0.373 e. The van der Waals surface area contributed by atoms with Gasteiger partial charge in [0.25, 0.3) is 0 Å². The average Bonchev–Trinajstić information content (AvgIpc) is 2.36. The molecule has 1 aromatic heterocycles. The first-order valence-corrected chi connectivity index (χ1v) is 4.03. The van der Waals surface area contributed by atoms with Crippen LogP contribution in [-0.2, 0) is 0 Å². The Morgan fingerprint density at radius 1 is 1.60 bits per heavy atom. The van der Waals surface area contributed by atoms with Gasteiger partial charge in [-0.15, -0.1) is 0 Å². The minimum atomic E-state index is 0.257. The average molecular weight is 199 g/mol. The Morgan fingerprint density at radius 2 is 2.50 bits per heavy atom. The van der Waals surface area contributed by atoms with Gasteiger partial charge in [0.2, 0.25) is 0 Å². The van der Waals surface area contributed by atoms with Crippen molar-refractivity contribution in [2.75, 3.05) is 0 Å². The second-order valence-electron chi connectivity index (χ2n) is 2.19. The lowest BCUT2D eigenvalue weighted by Crippen LogP contribution is -2.15. The summed E-state index contributed by atoms with van der Waals surface area (Å²) in [5, 5.41) is 3.14. The third-order valence-corrected chi connectivity index (χ3v) is 2.28. The zero-order valence-corrected chi connectivity index (χ0v) is 6.88. The Balaban J connectivity index is 2.52. The molecule has 0 aromatic carbocycles. The highest BCUT2D eigenvalue weighted by Crippen LogP contribution is 2.22. The van der Waals surface area contributed by atoms with Crippen LogP contribution in [0.2, 0.25) is 0 Å². The second kappa shape index (κ2) is 2.16. The number of hydrogen-bond donors (Lipinski definition) is 1. The monoisotopic (exact) mass is 198 g/mol. The van der Waals surface area contributed by atoms with Crippen molar-refractivity contribution in [1.82, 2.24) is 9.88 Å². The van der Waals surface area contributed by atoms with Crippen molar-refractivity contribution >= 4 is 22.1 Å². The van der Waals surface area contributed by atoms with Crippen molar-refractivity contribution < 1.29 is 0 Å². The maximum absolute atomic E-state index is 3.48. The lowest BCUT2D eigenvalue weighted by atomic mass is 10.4. The van der Waals surface area contributed by atoms with E-state index in [2.05, 4.69) is 31.9 Å². The Morgan fingerprint density at radius 3 is 3.30 bits per heavy atom. The van der Waals surface area contributed by atoms with Crippen LogP contribution < -0.4 is 5.32 Å². The van der Waals surface area contributed by atoms with Gasteiger partial charge in [-0.3, -0.25) is 0 Å². The van der Waals surface area contributed by atoms with Gasteiger partial charge in [0.1, 0.15) is 4.95 Å². The molecule has 0 aliphatic carbocycles. The summed E-state index contributed by atoms with van der Waals surface area (Å²) in [5.74, 6) is 0. The zero-order valence-electron chi connectivity index (χ0n) is 5.29. The fourth-order valence-electron chi connectivity index (χ4n) is 1.05. The molecule has 0 saturated heterocycles. The third kappa shape index (κ3) is 0.778. The van der Waals surface area contributed by atoms with Crippen LogP contribution in [0.5, 0.6) is 0 Å². The predicted molar refractivity (Wildman–Crippen MR) is 44.6 cm³/mol. The van der Waals surface area contributed by atoms with E-state index in [0.717, 1.165) is 0 Å². The first-order valence-electron chi connectivity index (χ1n) is 3.11. The van der Waals surface area contributed by atoms with Crippen LogP contribution in [0.3, 0.4) is 0 Å². The highest BCUT2D eigenvalue weighted by atomic mass is 79.9. The molecule has 2 rings (SSSR count). The Hall–Kier alpha value is -0.700. The molecular formula is C7H7BrN2. The van der Waals surface area contributed by atoms with Crippen LogP contribution in [0.15, 0.2) is 24.5 Å². The van der Waals surface area contributed by atoms with E-state index in [0.29, 0.717) is 0 Å². The maximum Gasteiger partial charge on any atom is 0.123 e. The van der Waals surface area contributed by atoms with Crippen LogP contribution in [0.4, 0.5) is 0 Å². The Bertz CT molecular complexity index is 264. The van der Waals surface area contributed by atoms with E-state index < -0.39 is 0 Å². The quantitative estimate of drug-likeness (QED) is 0.498. The van der Waals surface area contributed by atoms with Crippen molar-refractivity contribution in [2.24, 2.45) is 0 Å². The highest BCUT2D eigenvalue weighted by Gasteiger charge is 2.10. The van der Waals surface area contributed by atoms with Crippen molar-refractivity contribution in [3.8, 4) is 0 Å². The van der Waals surface area contributed by atoms with Gasteiger partial charge in [0.15, 0.2) is 0 Å². The van der Waals surface area contributed by atoms with Gasteiger partial charge in [0.05, 0.1) is 5.69 Å². The molecule has 10 heavy (non-hydrogen) atoms. The summed E-state index contributed by atoms with van der Waals surface area (Å²) in [7, 11) is 0. The van der Waals surface area contributed by atoms with Gasteiger partial charge in [-0.1, -0.05) is 15.9 Å². The van der Waals surface area contributed by atoms with Crippen molar-refractivity contribution in [1.29, 1.82) is 0 Å². The van der Waals surface area contributed by atoms with Crippen LogP contribution >= 0.6 is 15.9 Å². The fourth-order valence-corrected chi connectivity index (χ4v) is 1.59. The van der Waals surface area contributed by atoms with E-state index in [1.807, 2.05) is 24.7 Å². The molecule has 1 aliphatic heterocycles. The molecule has 3 heteroatoms. The summed E-state index contributed by atoms with van der Waals surface area (Å²) in [5.41, 5.74) is 1.24. The number of nitrogens with zero attached hydrogens (tertiary/aromatic N) is 1. The predicted octanol–water partition coefficient (Wildman–Crippen LogP) is 1.91. The topological polar surface area (TPSA) is 17.0 Å².